The molecule has 0 saturated heterocycles. The number of nitrogens with one attached hydrogen (secondary N) is 1. The fraction of sp³-hybridized carbons (Fsp3) is 0.368. The number of hydrogen-bond acceptors (Lipinski definition) is 2. The van der Waals surface area contributed by atoms with Crippen LogP contribution in [0.1, 0.15) is 38.2 Å². The molecule has 2 nitrogen and oxygen atoms in total. The van der Waals surface area contributed by atoms with Crippen LogP contribution in [-0.4, -0.2) is 6.61 Å². The van der Waals surface area contributed by atoms with Gasteiger partial charge in [-0.3, -0.25) is 0 Å². The molecule has 0 atom stereocenters. The third-order valence-corrected chi connectivity index (χ3v) is 3.51. The number of halogens is 1. The Labute approximate surface area is 132 Å². The van der Waals surface area contributed by atoms with Crippen molar-refractivity contribution in [3.63, 3.8) is 0 Å². The van der Waals surface area contributed by atoms with E-state index >= 15 is 0 Å². The number of hydrogen-bond donors (Lipinski definition) is 1. The van der Waals surface area contributed by atoms with Gasteiger partial charge in [0.15, 0.2) is 0 Å². The van der Waals surface area contributed by atoms with E-state index < -0.39 is 0 Å². The SMILES string of the molecule is CCCCCCOc1cccc(NCc2ccc(F)cc2)c1. The van der Waals surface area contributed by atoms with E-state index in [0.29, 0.717) is 6.54 Å². The minimum Gasteiger partial charge on any atom is -0.494 e. The normalized spacial score (nSPS) is 10.5. The number of benzene rings is 2. The van der Waals surface area contributed by atoms with Crippen LogP contribution in [0.15, 0.2) is 48.5 Å². The van der Waals surface area contributed by atoms with Gasteiger partial charge < -0.3 is 10.1 Å². The minimum atomic E-state index is -0.206. The first kappa shape index (κ1) is 16.3. The van der Waals surface area contributed by atoms with Crippen LogP contribution in [-0.2, 0) is 6.54 Å². The maximum absolute atomic E-state index is 12.9. The monoisotopic (exact) mass is 301 g/mol. The molecule has 0 saturated carbocycles. The lowest BCUT2D eigenvalue weighted by Gasteiger charge is -2.10. The van der Waals surface area contributed by atoms with Gasteiger partial charge in [0.1, 0.15) is 11.6 Å². The molecule has 22 heavy (non-hydrogen) atoms. The first-order valence-electron chi connectivity index (χ1n) is 7.99. The van der Waals surface area contributed by atoms with E-state index in [0.717, 1.165) is 30.0 Å². The fourth-order valence-electron chi connectivity index (χ4n) is 2.22. The number of ether oxygens (including phenoxy) is 1. The van der Waals surface area contributed by atoms with Crippen LogP contribution in [0.5, 0.6) is 5.75 Å². The molecular weight excluding hydrogens is 277 g/mol. The zero-order valence-corrected chi connectivity index (χ0v) is 13.1. The fourth-order valence-corrected chi connectivity index (χ4v) is 2.22. The van der Waals surface area contributed by atoms with Crippen LogP contribution in [0.25, 0.3) is 0 Å². The molecule has 0 aliphatic rings. The zero-order chi connectivity index (χ0) is 15.6. The van der Waals surface area contributed by atoms with Crippen molar-refractivity contribution in [2.24, 2.45) is 0 Å². The molecule has 0 spiro atoms. The molecule has 3 heteroatoms. The summed E-state index contributed by atoms with van der Waals surface area (Å²) < 4.78 is 18.6. The molecule has 118 valence electrons. The van der Waals surface area contributed by atoms with Crippen LogP contribution in [0.3, 0.4) is 0 Å². The highest BCUT2D eigenvalue weighted by atomic mass is 19.1. The summed E-state index contributed by atoms with van der Waals surface area (Å²) in [6.45, 7) is 3.64. The molecule has 0 aliphatic carbocycles. The smallest absolute Gasteiger partial charge is 0.123 e. The Bertz CT molecular complexity index is 554. The highest BCUT2D eigenvalue weighted by Crippen LogP contribution is 2.18. The van der Waals surface area contributed by atoms with E-state index in [1.165, 1.54) is 31.4 Å². The summed E-state index contributed by atoms with van der Waals surface area (Å²) in [6, 6.07) is 14.5. The Morgan fingerprint density at radius 3 is 2.59 bits per heavy atom. The summed E-state index contributed by atoms with van der Waals surface area (Å²) in [5, 5.41) is 3.33. The average molecular weight is 301 g/mol. The Kier molecular flexibility index (Phi) is 6.75. The molecule has 2 rings (SSSR count). The van der Waals surface area contributed by atoms with E-state index in [1.54, 1.807) is 12.1 Å². The Hall–Kier alpha value is -2.03. The second-order valence-corrected chi connectivity index (χ2v) is 5.42. The second kappa shape index (κ2) is 9.08. The van der Waals surface area contributed by atoms with Crippen molar-refractivity contribution in [2.45, 2.75) is 39.2 Å². The number of unbranched alkanes of at least 4 members (excludes halogenated alkanes) is 3. The molecule has 0 aliphatic heterocycles. The van der Waals surface area contributed by atoms with Crippen molar-refractivity contribution < 1.29 is 9.13 Å². The summed E-state index contributed by atoms with van der Waals surface area (Å²) in [7, 11) is 0. The Morgan fingerprint density at radius 2 is 1.82 bits per heavy atom. The molecule has 0 heterocycles. The summed E-state index contributed by atoms with van der Waals surface area (Å²) in [5.41, 5.74) is 2.06. The van der Waals surface area contributed by atoms with E-state index in [4.69, 9.17) is 4.74 Å². The van der Waals surface area contributed by atoms with Gasteiger partial charge in [-0.05, 0) is 36.2 Å². The van der Waals surface area contributed by atoms with Gasteiger partial charge in [0.2, 0.25) is 0 Å². The van der Waals surface area contributed by atoms with Gasteiger partial charge in [-0.15, -0.1) is 0 Å². The van der Waals surface area contributed by atoms with Crippen molar-refractivity contribution in [3.05, 3.63) is 59.9 Å². The predicted octanol–water partition coefficient (Wildman–Crippen LogP) is 5.40. The maximum Gasteiger partial charge on any atom is 0.123 e. The standard InChI is InChI=1S/C19H24FNO/c1-2-3-4-5-13-22-19-8-6-7-18(14-19)21-15-16-9-11-17(20)12-10-16/h6-12,14,21H,2-5,13,15H2,1H3. The lowest BCUT2D eigenvalue weighted by atomic mass is 10.2. The molecule has 0 amide bonds. The maximum atomic E-state index is 12.9. The van der Waals surface area contributed by atoms with Crippen molar-refractivity contribution in [3.8, 4) is 5.75 Å². The van der Waals surface area contributed by atoms with Crippen LogP contribution in [0.2, 0.25) is 0 Å². The highest BCUT2D eigenvalue weighted by molar-refractivity contribution is 5.48. The Morgan fingerprint density at radius 1 is 1.00 bits per heavy atom. The van der Waals surface area contributed by atoms with Crippen molar-refractivity contribution in [1.29, 1.82) is 0 Å². The quantitative estimate of drug-likeness (QED) is 0.626. The van der Waals surface area contributed by atoms with Gasteiger partial charge in [0.25, 0.3) is 0 Å². The summed E-state index contributed by atoms with van der Waals surface area (Å²) in [5.74, 6) is 0.683. The van der Waals surface area contributed by atoms with E-state index in [9.17, 15) is 4.39 Å². The summed E-state index contributed by atoms with van der Waals surface area (Å²) in [4.78, 5) is 0. The first-order valence-corrected chi connectivity index (χ1v) is 7.99. The van der Waals surface area contributed by atoms with Gasteiger partial charge in [-0.25, -0.2) is 4.39 Å². The van der Waals surface area contributed by atoms with Crippen molar-refractivity contribution >= 4 is 5.69 Å². The minimum absolute atomic E-state index is 0.206. The summed E-state index contributed by atoms with van der Waals surface area (Å²) in [6.07, 6.45) is 4.82. The molecule has 2 aromatic carbocycles. The molecule has 1 N–H and O–H groups in total. The number of rotatable bonds is 9. The van der Waals surface area contributed by atoms with Gasteiger partial charge in [0, 0.05) is 18.3 Å². The van der Waals surface area contributed by atoms with Crippen LogP contribution < -0.4 is 10.1 Å². The van der Waals surface area contributed by atoms with Gasteiger partial charge >= 0.3 is 0 Å². The zero-order valence-electron chi connectivity index (χ0n) is 13.1. The molecule has 0 unspecified atom stereocenters. The lowest BCUT2D eigenvalue weighted by molar-refractivity contribution is 0.305. The molecule has 0 bridgehead atoms. The predicted molar refractivity (Wildman–Crippen MR) is 89.8 cm³/mol. The summed E-state index contributed by atoms with van der Waals surface area (Å²) >= 11 is 0. The molecule has 0 fully saturated rings. The second-order valence-electron chi connectivity index (χ2n) is 5.42. The van der Waals surface area contributed by atoms with Gasteiger partial charge in [-0.2, -0.15) is 0 Å². The third-order valence-electron chi connectivity index (χ3n) is 3.51. The lowest BCUT2D eigenvalue weighted by Crippen LogP contribution is -2.01. The van der Waals surface area contributed by atoms with E-state index in [2.05, 4.69) is 12.2 Å². The average Bonchev–Trinajstić information content (AvgIpc) is 2.55. The Balaban J connectivity index is 1.79. The third kappa shape index (κ3) is 5.76. The van der Waals surface area contributed by atoms with Crippen LogP contribution in [0.4, 0.5) is 10.1 Å². The molecule has 0 aromatic heterocycles. The molecule has 2 aromatic rings. The molecular formula is C19H24FNO. The molecule has 0 radical (unpaired) electrons. The van der Waals surface area contributed by atoms with Crippen LogP contribution in [0, 0.1) is 5.82 Å². The largest absolute Gasteiger partial charge is 0.494 e. The van der Waals surface area contributed by atoms with E-state index in [-0.39, 0.29) is 5.82 Å². The van der Waals surface area contributed by atoms with Crippen molar-refractivity contribution in [1.82, 2.24) is 0 Å². The number of anilines is 1. The van der Waals surface area contributed by atoms with Gasteiger partial charge in [0.05, 0.1) is 6.61 Å². The van der Waals surface area contributed by atoms with E-state index in [1.807, 2.05) is 24.3 Å². The van der Waals surface area contributed by atoms with Crippen LogP contribution >= 0.6 is 0 Å². The van der Waals surface area contributed by atoms with Gasteiger partial charge in [-0.1, -0.05) is 44.4 Å². The topological polar surface area (TPSA) is 21.3 Å². The highest BCUT2D eigenvalue weighted by Gasteiger charge is 1.98. The first-order chi connectivity index (χ1) is 10.8. The van der Waals surface area contributed by atoms with Crippen molar-refractivity contribution in [2.75, 3.05) is 11.9 Å².